The lowest BCUT2D eigenvalue weighted by Gasteiger charge is -2.21. The third kappa shape index (κ3) is 4.80. The number of hydrogen-bond acceptors (Lipinski definition) is 4. The van der Waals surface area contributed by atoms with E-state index in [0.29, 0.717) is 17.5 Å². The molecule has 0 spiro atoms. The topological polar surface area (TPSA) is 41.1 Å². The van der Waals surface area contributed by atoms with Gasteiger partial charge in [-0.3, -0.25) is 4.79 Å². The van der Waals surface area contributed by atoms with E-state index in [9.17, 15) is 4.79 Å². The molecule has 0 saturated carbocycles. The number of thioether (sulfide) groups is 1. The van der Waals surface area contributed by atoms with Crippen LogP contribution in [0.4, 0.5) is 0 Å². The van der Waals surface area contributed by atoms with Gasteiger partial charge in [0.05, 0.1) is 16.6 Å². The number of nitrogens with one attached hydrogen (secondary N) is 2. The van der Waals surface area contributed by atoms with Gasteiger partial charge in [0.25, 0.3) is 0 Å². The van der Waals surface area contributed by atoms with Crippen molar-refractivity contribution < 1.29 is 4.79 Å². The van der Waals surface area contributed by atoms with Crippen molar-refractivity contribution in [2.75, 3.05) is 18.8 Å². The first-order valence-electron chi connectivity index (χ1n) is 6.07. The van der Waals surface area contributed by atoms with Crippen molar-refractivity contribution in [3.05, 3.63) is 21.3 Å². The van der Waals surface area contributed by atoms with Gasteiger partial charge in [0.1, 0.15) is 0 Å². The average molecular weight is 305 g/mol. The van der Waals surface area contributed by atoms with Gasteiger partial charge in [-0.1, -0.05) is 11.6 Å². The average Bonchev–Trinajstić information content (AvgIpc) is 2.81. The zero-order valence-corrected chi connectivity index (χ0v) is 12.5. The van der Waals surface area contributed by atoms with Gasteiger partial charge in [-0.05, 0) is 38.1 Å². The normalized spacial score (nSPS) is 16.7. The summed E-state index contributed by atoms with van der Waals surface area (Å²) in [6.45, 7) is 2.74. The summed E-state index contributed by atoms with van der Waals surface area (Å²) in [7, 11) is 0. The second-order valence-corrected chi connectivity index (χ2v) is 7.33. The fourth-order valence-electron chi connectivity index (χ4n) is 1.84. The smallest absolute Gasteiger partial charge is 0.230 e. The van der Waals surface area contributed by atoms with Crippen LogP contribution in [0.5, 0.6) is 0 Å². The highest BCUT2D eigenvalue weighted by Crippen LogP contribution is 2.22. The van der Waals surface area contributed by atoms with Crippen LogP contribution in [-0.4, -0.2) is 30.0 Å². The molecule has 2 N–H and O–H groups in total. The molecule has 1 amide bonds. The first-order chi connectivity index (χ1) is 8.74. The Bertz CT molecular complexity index is 391. The van der Waals surface area contributed by atoms with E-state index >= 15 is 0 Å². The fourth-order valence-corrected chi connectivity index (χ4v) is 3.92. The van der Waals surface area contributed by atoms with Crippen LogP contribution in [0.1, 0.15) is 17.7 Å². The molecule has 0 unspecified atom stereocenters. The highest BCUT2D eigenvalue weighted by Gasteiger charge is 2.14. The summed E-state index contributed by atoms with van der Waals surface area (Å²) in [6, 6.07) is 3.81. The summed E-state index contributed by atoms with van der Waals surface area (Å²) in [5.74, 6) is 0.673. The monoisotopic (exact) mass is 304 g/mol. The van der Waals surface area contributed by atoms with Crippen molar-refractivity contribution in [3.8, 4) is 0 Å². The summed E-state index contributed by atoms with van der Waals surface area (Å²) in [4.78, 5) is 12.8. The Morgan fingerprint density at radius 2 is 2.28 bits per heavy atom. The second-order valence-electron chi connectivity index (χ2n) is 4.24. The Kier molecular flexibility index (Phi) is 5.82. The first-order valence-corrected chi connectivity index (χ1v) is 8.31. The Morgan fingerprint density at radius 1 is 1.50 bits per heavy atom. The maximum atomic E-state index is 11.7. The molecular weight excluding hydrogens is 288 g/mol. The lowest BCUT2D eigenvalue weighted by molar-refractivity contribution is -0.118. The molecule has 1 aliphatic rings. The highest BCUT2D eigenvalue weighted by molar-refractivity contribution is 8.00. The van der Waals surface area contributed by atoms with E-state index in [1.54, 1.807) is 11.8 Å². The number of halogens is 1. The van der Waals surface area contributed by atoms with E-state index in [2.05, 4.69) is 10.6 Å². The lowest BCUT2D eigenvalue weighted by Crippen LogP contribution is -2.31. The number of thiophene rings is 1. The van der Waals surface area contributed by atoms with Crippen LogP contribution in [-0.2, 0) is 11.3 Å². The minimum absolute atomic E-state index is 0.114. The van der Waals surface area contributed by atoms with Gasteiger partial charge < -0.3 is 10.6 Å². The Hall–Kier alpha value is -0.230. The molecular formula is C12H17ClN2OS2. The van der Waals surface area contributed by atoms with Crippen molar-refractivity contribution in [2.45, 2.75) is 24.6 Å². The zero-order valence-electron chi connectivity index (χ0n) is 10.1. The molecule has 1 aromatic heterocycles. The van der Waals surface area contributed by atoms with Gasteiger partial charge in [0.2, 0.25) is 5.91 Å². The lowest BCUT2D eigenvalue weighted by atomic mass is 10.2. The molecule has 0 aliphatic carbocycles. The maximum Gasteiger partial charge on any atom is 0.230 e. The van der Waals surface area contributed by atoms with E-state index < -0.39 is 0 Å². The number of carbonyl (C=O) groups is 1. The van der Waals surface area contributed by atoms with E-state index in [4.69, 9.17) is 11.6 Å². The minimum Gasteiger partial charge on any atom is -0.350 e. The van der Waals surface area contributed by atoms with Crippen molar-refractivity contribution in [1.29, 1.82) is 0 Å². The molecule has 3 nitrogen and oxygen atoms in total. The quantitative estimate of drug-likeness (QED) is 0.878. The molecule has 0 aromatic carbocycles. The summed E-state index contributed by atoms with van der Waals surface area (Å²) in [5.41, 5.74) is 0. The number of hydrogen-bond donors (Lipinski definition) is 2. The SMILES string of the molecule is O=C(CSC1CCNCC1)NCc1ccc(Cl)s1. The van der Waals surface area contributed by atoms with Crippen LogP contribution in [0, 0.1) is 0 Å². The van der Waals surface area contributed by atoms with Gasteiger partial charge >= 0.3 is 0 Å². The number of carbonyl (C=O) groups excluding carboxylic acids is 1. The first kappa shape index (κ1) is 14.2. The zero-order chi connectivity index (χ0) is 12.8. The number of amides is 1. The van der Waals surface area contributed by atoms with Crippen LogP contribution < -0.4 is 10.6 Å². The molecule has 100 valence electrons. The molecule has 18 heavy (non-hydrogen) atoms. The molecule has 1 aliphatic heterocycles. The van der Waals surface area contributed by atoms with Crippen molar-refractivity contribution >= 4 is 40.6 Å². The summed E-state index contributed by atoms with van der Waals surface area (Å²) < 4.78 is 0.767. The third-order valence-corrected chi connectivity index (χ3v) is 5.43. The molecule has 0 atom stereocenters. The van der Waals surface area contributed by atoms with Crippen LogP contribution in [0.3, 0.4) is 0 Å². The number of rotatable bonds is 5. The molecule has 2 heterocycles. The largest absolute Gasteiger partial charge is 0.350 e. The molecule has 1 saturated heterocycles. The van der Waals surface area contributed by atoms with Crippen molar-refractivity contribution in [1.82, 2.24) is 10.6 Å². The summed E-state index contributed by atoms with van der Waals surface area (Å²) in [6.07, 6.45) is 2.33. The van der Waals surface area contributed by atoms with Gasteiger partial charge in [-0.15, -0.1) is 23.1 Å². The molecule has 2 rings (SSSR count). The van der Waals surface area contributed by atoms with Gasteiger partial charge in [-0.2, -0.15) is 0 Å². The Balaban J connectivity index is 1.62. The summed E-state index contributed by atoms with van der Waals surface area (Å²) >= 11 is 9.12. The molecule has 6 heteroatoms. The molecule has 1 fully saturated rings. The Morgan fingerprint density at radius 3 is 2.94 bits per heavy atom. The van der Waals surface area contributed by atoms with Crippen LogP contribution in [0.15, 0.2) is 12.1 Å². The molecule has 0 bridgehead atoms. The predicted molar refractivity (Wildman–Crippen MR) is 79.5 cm³/mol. The van der Waals surface area contributed by atoms with Gasteiger partial charge in [0, 0.05) is 10.1 Å². The van der Waals surface area contributed by atoms with Crippen molar-refractivity contribution in [3.63, 3.8) is 0 Å². The fraction of sp³-hybridized carbons (Fsp3) is 0.583. The molecule has 1 aromatic rings. The summed E-state index contributed by atoms with van der Waals surface area (Å²) in [5, 5.41) is 6.89. The maximum absolute atomic E-state index is 11.7. The molecule has 0 radical (unpaired) electrons. The number of piperidine rings is 1. The van der Waals surface area contributed by atoms with Crippen LogP contribution >= 0.6 is 34.7 Å². The standard InChI is InChI=1S/C12H17ClN2OS2/c13-11-2-1-10(18-11)7-15-12(16)8-17-9-3-5-14-6-4-9/h1-2,9,14H,3-8H2,(H,15,16). The Labute approximate surface area is 121 Å². The van der Waals surface area contributed by atoms with Gasteiger partial charge in [-0.25, -0.2) is 0 Å². The third-order valence-electron chi connectivity index (χ3n) is 2.82. The van der Waals surface area contributed by atoms with Crippen LogP contribution in [0.2, 0.25) is 4.34 Å². The minimum atomic E-state index is 0.114. The predicted octanol–water partition coefficient (Wildman–Crippen LogP) is 2.50. The van der Waals surface area contributed by atoms with Crippen molar-refractivity contribution in [2.24, 2.45) is 0 Å². The van der Waals surface area contributed by atoms with E-state index in [1.165, 1.54) is 24.2 Å². The van der Waals surface area contributed by atoms with E-state index in [-0.39, 0.29) is 5.91 Å². The van der Waals surface area contributed by atoms with E-state index in [1.807, 2.05) is 12.1 Å². The highest BCUT2D eigenvalue weighted by atomic mass is 35.5. The second kappa shape index (κ2) is 7.38. The van der Waals surface area contributed by atoms with Crippen LogP contribution in [0.25, 0.3) is 0 Å². The van der Waals surface area contributed by atoms with E-state index in [0.717, 1.165) is 22.3 Å². The van der Waals surface area contributed by atoms with Gasteiger partial charge in [0.15, 0.2) is 0 Å².